The predicted octanol–water partition coefficient (Wildman–Crippen LogP) is 4.03. The zero-order valence-electron chi connectivity index (χ0n) is 15.1. The first kappa shape index (κ1) is 18.1. The number of anilines is 1. The molecule has 1 heterocycles. The third-order valence-corrected chi connectivity index (χ3v) is 4.26. The van der Waals surface area contributed by atoms with Crippen molar-refractivity contribution in [2.75, 3.05) is 18.5 Å². The van der Waals surface area contributed by atoms with Crippen molar-refractivity contribution in [2.45, 2.75) is 32.7 Å². The number of nitrogens with zero attached hydrogens (tertiary/aromatic N) is 2. The van der Waals surface area contributed by atoms with Crippen LogP contribution in [0.4, 0.5) is 5.95 Å². The van der Waals surface area contributed by atoms with Crippen LogP contribution in [0.2, 0.25) is 0 Å². The number of rotatable bonds is 9. The van der Waals surface area contributed by atoms with Crippen molar-refractivity contribution in [2.24, 2.45) is 0 Å². The number of ether oxygens (including phenoxy) is 1. The van der Waals surface area contributed by atoms with Crippen molar-refractivity contribution < 1.29 is 9.53 Å². The minimum Gasteiger partial charge on any atom is -0.382 e. The van der Waals surface area contributed by atoms with E-state index >= 15 is 0 Å². The second-order valence-electron chi connectivity index (χ2n) is 6.16. The van der Waals surface area contributed by atoms with Gasteiger partial charge in [-0.15, -0.1) is 0 Å². The zero-order chi connectivity index (χ0) is 18.2. The fraction of sp³-hybridized carbons (Fsp3) is 0.333. The van der Waals surface area contributed by atoms with Crippen molar-refractivity contribution in [3.8, 4) is 0 Å². The van der Waals surface area contributed by atoms with Crippen LogP contribution in [0, 0.1) is 0 Å². The molecule has 1 N–H and O–H groups in total. The van der Waals surface area contributed by atoms with Gasteiger partial charge >= 0.3 is 0 Å². The lowest BCUT2D eigenvalue weighted by molar-refractivity contribution is -0.116. The van der Waals surface area contributed by atoms with Gasteiger partial charge in [0.1, 0.15) is 0 Å². The van der Waals surface area contributed by atoms with Gasteiger partial charge in [-0.05, 0) is 37.5 Å². The van der Waals surface area contributed by atoms with Gasteiger partial charge in [0.05, 0.1) is 11.0 Å². The van der Waals surface area contributed by atoms with E-state index in [1.54, 1.807) is 0 Å². The van der Waals surface area contributed by atoms with Gasteiger partial charge < -0.3 is 9.30 Å². The summed E-state index contributed by atoms with van der Waals surface area (Å²) in [4.78, 5) is 17.0. The number of hydrogen-bond donors (Lipinski definition) is 1. The number of amides is 1. The van der Waals surface area contributed by atoms with Gasteiger partial charge in [-0.1, -0.05) is 42.5 Å². The largest absolute Gasteiger partial charge is 0.382 e. The van der Waals surface area contributed by atoms with Crippen LogP contribution < -0.4 is 5.32 Å². The maximum Gasteiger partial charge on any atom is 0.227 e. The van der Waals surface area contributed by atoms with Gasteiger partial charge in [0.2, 0.25) is 11.9 Å². The van der Waals surface area contributed by atoms with Crippen LogP contribution in [-0.4, -0.2) is 28.7 Å². The van der Waals surface area contributed by atoms with Crippen molar-refractivity contribution in [1.82, 2.24) is 9.55 Å². The molecule has 0 fully saturated rings. The highest BCUT2D eigenvalue weighted by atomic mass is 16.5. The SMILES string of the molecule is CCOCCCn1c(NC(=O)CCc2ccccc2)nc2ccccc21. The third-order valence-electron chi connectivity index (χ3n) is 4.26. The van der Waals surface area contributed by atoms with Crippen LogP contribution in [-0.2, 0) is 22.5 Å². The topological polar surface area (TPSA) is 56.1 Å². The van der Waals surface area contributed by atoms with Gasteiger partial charge in [-0.25, -0.2) is 4.98 Å². The standard InChI is InChI=1S/C21H25N3O2/c1-2-26-16-8-15-24-19-12-7-6-11-18(19)22-21(24)23-20(25)14-13-17-9-4-3-5-10-17/h3-7,9-12H,2,8,13-16H2,1H3,(H,22,23,25). The Morgan fingerprint density at radius 2 is 1.88 bits per heavy atom. The first-order valence-electron chi connectivity index (χ1n) is 9.14. The van der Waals surface area contributed by atoms with E-state index in [1.165, 1.54) is 0 Å². The lowest BCUT2D eigenvalue weighted by Gasteiger charge is -2.10. The Balaban J connectivity index is 1.68. The van der Waals surface area contributed by atoms with Gasteiger partial charge in [-0.3, -0.25) is 10.1 Å². The number of nitrogens with one attached hydrogen (secondary N) is 1. The number of fused-ring (bicyclic) bond motifs is 1. The number of para-hydroxylation sites is 2. The average Bonchev–Trinajstić information content (AvgIpc) is 3.01. The van der Waals surface area contributed by atoms with E-state index in [4.69, 9.17) is 4.74 Å². The molecular weight excluding hydrogens is 326 g/mol. The van der Waals surface area contributed by atoms with Crippen LogP contribution in [0.25, 0.3) is 11.0 Å². The molecule has 0 aliphatic rings. The molecule has 0 unspecified atom stereocenters. The Hall–Kier alpha value is -2.66. The molecule has 0 aliphatic carbocycles. The molecule has 0 aliphatic heterocycles. The molecule has 1 amide bonds. The Morgan fingerprint density at radius 1 is 1.12 bits per heavy atom. The normalized spacial score (nSPS) is 11.0. The number of hydrogen-bond acceptors (Lipinski definition) is 3. The van der Waals surface area contributed by atoms with E-state index in [-0.39, 0.29) is 5.91 Å². The van der Waals surface area contributed by atoms with E-state index in [2.05, 4.69) is 14.9 Å². The van der Waals surface area contributed by atoms with Gasteiger partial charge in [0.25, 0.3) is 0 Å². The number of benzene rings is 2. The van der Waals surface area contributed by atoms with Crippen LogP contribution in [0.5, 0.6) is 0 Å². The second-order valence-corrected chi connectivity index (χ2v) is 6.16. The lowest BCUT2D eigenvalue weighted by atomic mass is 10.1. The Bertz CT molecular complexity index is 843. The minimum absolute atomic E-state index is 0.0183. The maximum absolute atomic E-state index is 12.4. The smallest absolute Gasteiger partial charge is 0.227 e. The number of carbonyl (C=O) groups is 1. The first-order valence-corrected chi connectivity index (χ1v) is 9.14. The summed E-state index contributed by atoms with van der Waals surface area (Å²) in [5.41, 5.74) is 3.08. The minimum atomic E-state index is -0.0183. The second kappa shape index (κ2) is 9.15. The van der Waals surface area contributed by atoms with E-state index in [9.17, 15) is 4.79 Å². The Morgan fingerprint density at radius 3 is 2.69 bits per heavy atom. The Kier molecular flexibility index (Phi) is 6.39. The van der Waals surface area contributed by atoms with Crippen molar-refractivity contribution in [3.05, 3.63) is 60.2 Å². The van der Waals surface area contributed by atoms with E-state index in [0.717, 1.165) is 36.0 Å². The molecule has 0 saturated heterocycles. The van der Waals surface area contributed by atoms with Gasteiger partial charge in [-0.2, -0.15) is 0 Å². The van der Waals surface area contributed by atoms with E-state index in [0.29, 0.717) is 25.6 Å². The Labute approximate surface area is 154 Å². The molecule has 0 saturated carbocycles. The molecule has 136 valence electrons. The van der Waals surface area contributed by atoms with Crippen LogP contribution in [0.3, 0.4) is 0 Å². The predicted molar refractivity (Wildman–Crippen MR) is 104 cm³/mol. The van der Waals surface area contributed by atoms with Crippen LogP contribution >= 0.6 is 0 Å². The summed E-state index contributed by atoms with van der Waals surface area (Å²) in [6.07, 6.45) is 2.03. The summed E-state index contributed by atoms with van der Waals surface area (Å²) in [6.45, 7) is 4.16. The molecule has 0 radical (unpaired) electrons. The number of aryl methyl sites for hydroxylation is 2. The van der Waals surface area contributed by atoms with Crippen LogP contribution in [0.15, 0.2) is 54.6 Å². The highest BCUT2D eigenvalue weighted by molar-refractivity contribution is 5.91. The summed E-state index contributed by atoms with van der Waals surface area (Å²) in [5, 5.41) is 2.98. The first-order chi connectivity index (χ1) is 12.8. The fourth-order valence-corrected chi connectivity index (χ4v) is 2.96. The molecule has 0 atom stereocenters. The molecule has 3 rings (SSSR count). The lowest BCUT2D eigenvalue weighted by Crippen LogP contribution is -2.17. The summed E-state index contributed by atoms with van der Waals surface area (Å²) in [6, 6.07) is 18.0. The third kappa shape index (κ3) is 4.70. The molecular formula is C21H25N3O2. The summed E-state index contributed by atoms with van der Waals surface area (Å²) in [5.74, 6) is 0.593. The monoisotopic (exact) mass is 351 g/mol. The fourth-order valence-electron chi connectivity index (χ4n) is 2.96. The average molecular weight is 351 g/mol. The molecule has 5 heteroatoms. The molecule has 2 aromatic carbocycles. The van der Waals surface area contributed by atoms with E-state index in [1.807, 2.05) is 61.5 Å². The van der Waals surface area contributed by atoms with Gasteiger partial charge in [0.15, 0.2) is 0 Å². The molecule has 3 aromatic rings. The molecule has 5 nitrogen and oxygen atoms in total. The summed E-state index contributed by atoms with van der Waals surface area (Å²) >= 11 is 0. The summed E-state index contributed by atoms with van der Waals surface area (Å²) < 4.78 is 7.50. The highest BCUT2D eigenvalue weighted by Crippen LogP contribution is 2.20. The van der Waals surface area contributed by atoms with Gasteiger partial charge in [0, 0.05) is 26.2 Å². The molecule has 0 spiro atoms. The van der Waals surface area contributed by atoms with Crippen molar-refractivity contribution in [1.29, 1.82) is 0 Å². The zero-order valence-corrected chi connectivity index (χ0v) is 15.1. The molecule has 1 aromatic heterocycles. The highest BCUT2D eigenvalue weighted by Gasteiger charge is 2.13. The maximum atomic E-state index is 12.4. The molecule has 0 bridgehead atoms. The number of carbonyl (C=O) groups excluding carboxylic acids is 1. The van der Waals surface area contributed by atoms with Crippen LogP contribution in [0.1, 0.15) is 25.3 Å². The summed E-state index contributed by atoms with van der Waals surface area (Å²) in [7, 11) is 0. The van der Waals surface area contributed by atoms with E-state index < -0.39 is 0 Å². The quantitative estimate of drug-likeness (QED) is 0.592. The van der Waals surface area contributed by atoms with Crippen molar-refractivity contribution >= 4 is 22.9 Å². The number of imidazole rings is 1. The molecule has 26 heavy (non-hydrogen) atoms. The number of aromatic nitrogens is 2. The van der Waals surface area contributed by atoms with Crippen molar-refractivity contribution in [3.63, 3.8) is 0 Å².